The molecule has 78 valence electrons. The first-order valence-electron chi connectivity index (χ1n) is 4.22. The number of aliphatic hydroxyl groups is 2. The smallest absolute Gasteiger partial charge is 0.0942 e. The molecule has 14 heavy (non-hydrogen) atoms. The molecule has 1 aromatic carbocycles. The van der Waals surface area contributed by atoms with E-state index >= 15 is 0 Å². The molecular weight excluding hydrogens is 204 g/mol. The Morgan fingerprint density at radius 3 is 2.79 bits per heavy atom. The predicted molar refractivity (Wildman–Crippen MR) is 57.4 cm³/mol. The number of halogens is 1. The highest BCUT2D eigenvalue weighted by atomic mass is 35.5. The predicted octanol–water partition coefficient (Wildman–Crippen LogP) is 0.687. The van der Waals surface area contributed by atoms with Gasteiger partial charge in [-0.25, -0.2) is 0 Å². The van der Waals surface area contributed by atoms with Crippen LogP contribution in [0.2, 0.25) is 5.02 Å². The number of rotatable bonds is 4. The van der Waals surface area contributed by atoms with Gasteiger partial charge in [-0.3, -0.25) is 0 Å². The van der Waals surface area contributed by atoms with Crippen LogP contribution in [-0.4, -0.2) is 29.5 Å². The summed E-state index contributed by atoms with van der Waals surface area (Å²) in [7, 11) is 0. The molecule has 5 N–H and O–H groups in total. The van der Waals surface area contributed by atoms with Gasteiger partial charge in [0.2, 0.25) is 0 Å². The topological polar surface area (TPSA) is 78.5 Å². The Labute approximate surface area is 87.3 Å². The summed E-state index contributed by atoms with van der Waals surface area (Å²) in [5.41, 5.74) is 6.76. The zero-order valence-electron chi connectivity index (χ0n) is 7.57. The van der Waals surface area contributed by atoms with Gasteiger partial charge in [0.15, 0.2) is 0 Å². The molecule has 0 radical (unpaired) electrons. The molecule has 0 fully saturated rings. The van der Waals surface area contributed by atoms with Crippen molar-refractivity contribution in [2.24, 2.45) is 0 Å². The first-order valence-corrected chi connectivity index (χ1v) is 4.59. The van der Waals surface area contributed by atoms with Gasteiger partial charge in [-0.05, 0) is 12.1 Å². The van der Waals surface area contributed by atoms with Crippen LogP contribution in [-0.2, 0) is 0 Å². The summed E-state index contributed by atoms with van der Waals surface area (Å²) in [6.45, 7) is -0.0816. The minimum Gasteiger partial charge on any atom is -0.397 e. The summed E-state index contributed by atoms with van der Waals surface area (Å²) in [6.07, 6.45) is -0.814. The van der Waals surface area contributed by atoms with Crippen LogP contribution in [0.3, 0.4) is 0 Å². The third-order valence-electron chi connectivity index (χ3n) is 1.77. The standard InChI is InChI=1S/C9H13ClN2O2/c10-7-2-1-3-8(11)9(7)12-4-6(14)5-13/h1-3,6,12-14H,4-5,11H2. The van der Waals surface area contributed by atoms with Crippen molar-refractivity contribution >= 4 is 23.0 Å². The number of hydrogen-bond acceptors (Lipinski definition) is 4. The second-order valence-electron chi connectivity index (χ2n) is 2.92. The number of aliphatic hydroxyl groups excluding tert-OH is 2. The SMILES string of the molecule is Nc1cccc(Cl)c1NCC(O)CO. The van der Waals surface area contributed by atoms with E-state index in [1.165, 1.54) is 0 Å². The highest BCUT2D eigenvalue weighted by Gasteiger charge is 2.06. The minimum absolute atomic E-state index is 0.213. The molecule has 0 aromatic heterocycles. The summed E-state index contributed by atoms with van der Waals surface area (Å²) in [6, 6.07) is 5.15. The largest absolute Gasteiger partial charge is 0.397 e. The van der Waals surface area contributed by atoms with E-state index in [2.05, 4.69) is 5.32 Å². The van der Waals surface area contributed by atoms with Crippen LogP contribution < -0.4 is 11.1 Å². The molecular formula is C9H13ClN2O2. The molecule has 1 rings (SSSR count). The lowest BCUT2D eigenvalue weighted by molar-refractivity contribution is 0.105. The average molecular weight is 217 g/mol. The molecule has 0 spiro atoms. The number of anilines is 2. The molecule has 0 heterocycles. The quantitative estimate of drug-likeness (QED) is 0.559. The van der Waals surface area contributed by atoms with E-state index in [0.717, 1.165) is 0 Å². The van der Waals surface area contributed by atoms with Crippen LogP contribution in [0, 0.1) is 0 Å². The summed E-state index contributed by atoms with van der Waals surface area (Å²) >= 11 is 5.87. The van der Waals surface area contributed by atoms with Gasteiger partial charge in [0.05, 0.1) is 29.1 Å². The van der Waals surface area contributed by atoms with E-state index in [9.17, 15) is 0 Å². The molecule has 5 heteroatoms. The lowest BCUT2D eigenvalue weighted by Crippen LogP contribution is -2.23. The zero-order chi connectivity index (χ0) is 10.6. The number of benzene rings is 1. The zero-order valence-corrected chi connectivity index (χ0v) is 8.33. The van der Waals surface area contributed by atoms with Crippen molar-refractivity contribution in [3.8, 4) is 0 Å². The van der Waals surface area contributed by atoms with Gasteiger partial charge in [0, 0.05) is 6.54 Å². The Balaban J connectivity index is 2.66. The summed E-state index contributed by atoms with van der Waals surface area (Å²) in [5, 5.41) is 21.1. The third-order valence-corrected chi connectivity index (χ3v) is 2.09. The van der Waals surface area contributed by atoms with Gasteiger partial charge < -0.3 is 21.3 Å². The number of para-hydroxylation sites is 1. The Kier molecular flexibility index (Phi) is 4.00. The summed E-state index contributed by atoms with van der Waals surface area (Å²) < 4.78 is 0. The molecule has 0 bridgehead atoms. The maximum atomic E-state index is 9.10. The van der Waals surface area contributed by atoms with Crippen molar-refractivity contribution in [2.45, 2.75) is 6.10 Å². The van der Waals surface area contributed by atoms with E-state index in [1.807, 2.05) is 0 Å². The fourth-order valence-corrected chi connectivity index (χ4v) is 1.26. The van der Waals surface area contributed by atoms with Gasteiger partial charge >= 0.3 is 0 Å². The van der Waals surface area contributed by atoms with Gasteiger partial charge in [-0.2, -0.15) is 0 Å². The number of nitrogen functional groups attached to an aromatic ring is 1. The van der Waals surface area contributed by atoms with Crippen molar-refractivity contribution in [3.05, 3.63) is 23.2 Å². The van der Waals surface area contributed by atoms with E-state index in [-0.39, 0.29) is 13.2 Å². The number of hydrogen-bond donors (Lipinski definition) is 4. The maximum absolute atomic E-state index is 9.10. The Morgan fingerprint density at radius 1 is 1.50 bits per heavy atom. The van der Waals surface area contributed by atoms with E-state index in [4.69, 9.17) is 27.5 Å². The Hall–Kier alpha value is -0.970. The molecule has 1 atom stereocenters. The number of nitrogens with one attached hydrogen (secondary N) is 1. The Morgan fingerprint density at radius 2 is 2.21 bits per heavy atom. The molecule has 1 aromatic rings. The first kappa shape index (κ1) is 11.1. The van der Waals surface area contributed by atoms with Crippen LogP contribution in [0.5, 0.6) is 0 Å². The van der Waals surface area contributed by atoms with Crippen LogP contribution in [0.15, 0.2) is 18.2 Å². The molecule has 0 aliphatic carbocycles. The van der Waals surface area contributed by atoms with Crippen LogP contribution in [0.4, 0.5) is 11.4 Å². The van der Waals surface area contributed by atoms with E-state index in [1.54, 1.807) is 18.2 Å². The maximum Gasteiger partial charge on any atom is 0.0942 e. The van der Waals surface area contributed by atoms with E-state index < -0.39 is 6.10 Å². The minimum atomic E-state index is -0.814. The van der Waals surface area contributed by atoms with Gasteiger partial charge in [0.1, 0.15) is 0 Å². The molecule has 0 saturated carbocycles. The lowest BCUT2D eigenvalue weighted by Gasteiger charge is -2.13. The van der Waals surface area contributed by atoms with Crippen LogP contribution in [0.1, 0.15) is 0 Å². The highest BCUT2D eigenvalue weighted by molar-refractivity contribution is 6.33. The van der Waals surface area contributed by atoms with Crippen LogP contribution >= 0.6 is 11.6 Å². The van der Waals surface area contributed by atoms with Gasteiger partial charge in [0.25, 0.3) is 0 Å². The second-order valence-corrected chi connectivity index (χ2v) is 3.33. The van der Waals surface area contributed by atoms with Crippen molar-refractivity contribution in [3.63, 3.8) is 0 Å². The fraction of sp³-hybridized carbons (Fsp3) is 0.333. The number of nitrogens with two attached hydrogens (primary N) is 1. The third kappa shape index (κ3) is 2.77. The average Bonchev–Trinajstić information content (AvgIpc) is 2.16. The molecule has 0 amide bonds. The molecule has 0 saturated heterocycles. The van der Waals surface area contributed by atoms with E-state index in [0.29, 0.717) is 16.4 Å². The summed E-state index contributed by atoms with van der Waals surface area (Å²) in [5.74, 6) is 0. The lowest BCUT2D eigenvalue weighted by atomic mass is 10.2. The van der Waals surface area contributed by atoms with Crippen LogP contribution in [0.25, 0.3) is 0 Å². The first-order chi connectivity index (χ1) is 6.65. The monoisotopic (exact) mass is 216 g/mol. The van der Waals surface area contributed by atoms with Crippen molar-refractivity contribution in [2.75, 3.05) is 24.2 Å². The molecule has 0 aliphatic rings. The van der Waals surface area contributed by atoms with Crippen molar-refractivity contribution in [1.82, 2.24) is 0 Å². The van der Waals surface area contributed by atoms with Crippen molar-refractivity contribution < 1.29 is 10.2 Å². The Bertz CT molecular complexity index is 287. The summed E-state index contributed by atoms with van der Waals surface area (Å²) in [4.78, 5) is 0. The molecule has 1 unspecified atom stereocenters. The normalized spacial score (nSPS) is 12.5. The van der Waals surface area contributed by atoms with Crippen molar-refractivity contribution in [1.29, 1.82) is 0 Å². The van der Waals surface area contributed by atoms with Gasteiger partial charge in [-0.1, -0.05) is 17.7 Å². The molecule has 4 nitrogen and oxygen atoms in total. The second kappa shape index (κ2) is 5.05. The fourth-order valence-electron chi connectivity index (χ4n) is 1.01. The van der Waals surface area contributed by atoms with Gasteiger partial charge in [-0.15, -0.1) is 0 Å². The molecule has 0 aliphatic heterocycles. The highest BCUT2D eigenvalue weighted by Crippen LogP contribution is 2.27.